The Morgan fingerprint density at radius 2 is 1.96 bits per heavy atom. The van der Waals surface area contributed by atoms with Crippen molar-refractivity contribution in [1.82, 2.24) is 19.8 Å². The van der Waals surface area contributed by atoms with Crippen LogP contribution in [0.2, 0.25) is 5.02 Å². The van der Waals surface area contributed by atoms with Crippen LogP contribution in [0.4, 0.5) is 0 Å². The van der Waals surface area contributed by atoms with E-state index < -0.39 is 0 Å². The Morgan fingerprint density at radius 1 is 1.14 bits per heavy atom. The van der Waals surface area contributed by atoms with Crippen molar-refractivity contribution in [1.29, 1.82) is 0 Å². The summed E-state index contributed by atoms with van der Waals surface area (Å²) in [5, 5.41) is 0.692. The molecule has 148 valence electrons. The number of benzene rings is 1. The molecule has 2 aromatic rings. The molecule has 0 spiro atoms. The van der Waals surface area contributed by atoms with E-state index in [1.165, 1.54) is 0 Å². The third-order valence-electron chi connectivity index (χ3n) is 5.99. The van der Waals surface area contributed by atoms with Crippen LogP contribution in [0, 0.1) is 5.92 Å². The summed E-state index contributed by atoms with van der Waals surface area (Å²) in [7, 11) is 2.13. The average molecular weight is 399 g/mol. The molecular formula is C22H27ClN4O. The number of amides is 1. The van der Waals surface area contributed by atoms with Crippen molar-refractivity contribution in [2.75, 3.05) is 33.2 Å². The number of rotatable bonds is 3. The third kappa shape index (κ3) is 4.36. The molecule has 1 amide bonds. The van der Waals surface area contributed by atoms with E-state index in [4.69, 9.17) is 16.6 Å². The zero-order valence-corrected chi connectivity index (χ0v) is 17.1. The Balaban J connectivity index is 1.47. The second-order valence-electron chi connectivity index (χ2n) is 8.04. The lowest BCUT2D eigenvalue weighted by molar-refractivity contribution is -0.138. The van der Waals surface area contributed by atoms with Gasteiger partial charge in [-0.05, 0) is 58.0 Å². The number of aromatic nitrogens is 2. The van der Waals surface area contributed by atoms with Gasteiger partial charge in [-0.1, -0.05) is 23.7 Å². The van der Waals surface area contributed by atoms with E-state index >= 15 is 0 Å². The molecule has 0 bridgehead atoms. The molecule has 1 atom stereocenters. The van der Waals surface area contributed by atoms with Gasteiger partial charge in [0, 0.05) is 41.7 Å². The van der Waals surface area contributed by atoms with Crippen molar-refractivity contribution in [2.24, 2.45) is 5.92 Å². The molecule has 28 heavy (non-hydrogen) atoms. The van der Waals surface area contributed by atoms with Crippen LogP contribution in [0.5, 0.6) is 0 Å². The lowest BCUT2D eigenvalue weighted by atomic mass is 9.91. The summed E-state index contributed by atoms with van der Waals surface area (Å²) in [5.41, 5.74) is 2.77. The van der Waals surface area contributed by atoms with Gasteiger partial charge in [0.1, 0.15) is 0 Å². The number of likely N-dealkylation sites (tertiary alicyclic amines) is 2. The van der Waals surface area contributed by atoms with Crippen molar-refractivity contribution in [3.63, 3.8) is 0 Å². The minimum absolute atomic E-state index is 0.179. The maximum absolute atomic E-state index is 13.0. The van der Waals surface area contributed by atoms with Crippen LogP contribution in [0.15, 0.2) is 36.7 Å². The maximum atomic E-state index is 13.0. The fourth-order valence-corrected chi connectivity index (χ4v) is 4.49. The normalized spacial score (nSPS) is 21.6. The molecule has 2 aliphatic heterocycles. The molecule has 2 saturated heterocycles. The average Bonchev–Trinajstić information content (AvgIpc) is 2.74. The molecule has 0 N–H and O–H groups in total. The van der Waals surface area contributed by atoms with Crippen molar-refractivity contribution in [2.45, 2.75) is 31.6 Å². The first-order valence-electron chi connectivity index (χ1n) is 10.2. The molecule has 1 aromatic carbocycles. The van der Waals surface area contributed by atoms with Crippen LogP contribution in [-0.2, 0) is 4.79 Å². The molecule has 2 fully saturated rings. The van der Waals surface area contributed by atoms with Crippen molar-refractivity contribution in [3.05, 3.63) is 47.4 Å². The van der Waals surface area contributed by atoms with Gasteiger partial charge in [-0.15, -0.1) is 0 Å². The van der Waals surface area contributed by atoms with E-state index in [1.807, 2.05) is 30.5 Å². The van der Waals surface area contributed by atoms with E-state index in [0.29, 0.717) is 10.9 Å². The number of hydrogen-bond acceptors (Lipinski definition) is 4. The highest BCUT2D eigenvalue weighted by atomic mass is 35.5. The summed E-state index contributed by atoms with van der Waals surface area (Å²) in [6.45, 7) is 3.64. The van der Waals surface area contributed by atoms with Crippen LogP contribution in [0.25, 0.3) is 11.3 Å². The topological polar surface area (TPSA) is 49.3 Å². The lowest BCUT2D eigenvalue weighted by Crippen LogP contribution is -2.45. The molecule has 1 unspecified atom stereocenters. The zero-order valence-electron chi connectivity index (χ0n) is 16.4. The summed E-state index contributed by atoms with van der Waals surface area (Å²) in [6.07, 6.45) is 7.64. The SMILES string of the molecule is CN1CCC(C(=O)N2CCCC(c3cncc(-c4cccc(Cl)c4)n3)C2)CC1. The first-order valence-corrected chi connectivity index (χ1v) is 10.5. The molecule has 5 nitrogen and oxygen atoms in total. The first kappa shape index (κ1) is 19.3. The molecule has 0 radical (unpaired) electrons. The molecule has 1 aromatic heterocycles. The van der Waals surface area contributed by atoms with Gasteiger partial charge < -0.3 is 9.80 Å². The van der Waals surface area contributed by atoms with E-state index in [-0.39, 0.29) is 11.8 Å². The van der Waals surface area contributed by atoms with Gasteiger partial charge >= 0.3 is 0 Å². The number of carbonyl (C=O) groups is 1. The van der Waals surface area contributed by atoms with Gasteiger partial charge in [0.2, 0.25) is 5.91 Å². The Morgan fingerprint density at radius 3 is 2.75 bits per heavy atom. The van der Waals surface area contributed by atoms with Crippen molar-refractivity contribution in [3.8, 4) is 11.3 Å². The molecule has 0 aliphatic carbocycles. The van der Waals surface area contributed by atoms with Crippen LogP contribution < -0.4 is 0 Å². The lowest BCUT2D eigenvalue weighted by Gasteiger charge is -2.37. The number of nitrogens with zero attached hydrogens (tertiary/aromatic N) is 4. The first-order chi connectivity index (χ1) is 13.6. The highest BCUT2D eigenvalue weighted by Crippen LogP contribution is 2.29. The fourth-order valence-electron chi connectivity index (χ4n) is 4.30. The predicted molar refractivity (Wildman–Crippen MR) is 111 cm³/mol. The predicted octanol–water partition coefficient (Wildman–Crippen LogP) is 3.84. The summed E-state index contributed by atoms with van der Waals surface area (Å²) < 4.78 is 0. The minimum atomic E-state index is 0.179. The zero-order chi connectivity index (χ0) is 19.5. The molecular weight excluding hydrogens is 372 g/mol. The highest BCUT2D eigenvalue weighted by Gasteiger charge is 2.31. The van der Waals surface area contributed by atoms with E-state index in [9.17, 15) is 4.79 Å². The number of hydrogen-bond donors (Lipinski definition) is 0. The highest BCUT2D eigenvalue weighted by molar-refractivity contribution is 6.30. The van der Waals surface area contributed by atoms with Crippen LogP contribution in [-0.4, -0.2) is 58.9 Å². The standard InChI is InChI=1S/C22H27ClN4O/c1-26-10-7-16(8-11-26)22(28)27-9-3-5-18(15-27)21-14-24-13-20(25-21)17-4-2-6-19(23)12-17/h2,4,6,12-14,16,18H,3,5,7-11,15H2,1H3. The van der Waals surface area contributed by atoms with Gasteiger partial charge in [-0.25, -0.2) is 4.98 Å². The van der Waals surface area contributed by atoms with Gasteiger partial charge in [0.15, 0.2) is 0 Å². The minimum Gasteiger partial charge on any atom is -0.342 e. The van der Waals surface area contributed by atoms with Gasteiger partial charge in [0.05, 0.1) is 17.6 Å². The smallest absolute Gasteiger partial charge is 0.225 e. The Labute approximate surface area is 171 Å². The van der Waals surface area contributed by atoms with E-state index in [1.54, 1.807) is 6.20 Å². The monoisotopic (exact) mass is 398 g/mol. The van der Waals surface area contributed by atoms with Crippen LogP contribution >= 0.6 is 11.6 Å². The summed E-state index contributed by atoms with van der Waals surface area (Å²) in [6, 6.07) is 7.69. The largest absolute Gasteiger partial charge is 0.342 e. The fraction of sp³-hybridized carbons (Fsp3) is 0.500. The summed E-state index contributed by atoms with van der Waals surface area (Å²) in [5.74, 6) is 0.756. The summed E-state index contributed by atoms with van der Waals surface area (Å²) >= 11 is 6.12. The molecule has 0 saturated carbocycles. The number of carbonyl (C=O) groups excluding carboxylic acids is 1. The number of piperidine rings is 2. The third-order valence-corrected chi connectivity index (χ3v) is 6.23. The van der Waals surface area contributed by atoms with Gasteiger partial charge in [0.25, 0.3) is 0 Å². The Bertz CT molecular complexity index is 835. The van der Waals surface area contributed by atoms with Crippen molar-refractivity contribution < 1.29 is 4.79 Å². The molecule has 6 heteroatoms. The van der Waals surface area contributed by atoms with Crippen LogP contribution in [0.3, 0.4) is 0 Å². The Kier molecular flexibility index (Phi) is 5.93. The summed E-state index contributed by atoms with van der Waals surface area (Å²) in [4.78, 5) is 26.7. The van der Waals surface area contributed by atoms with Crippen molar-refractivity contribution >= 4 is 17.5 Å². The van der Waals surface area contributed by atoms with E-state index in [2.05, 4.69) is 21.8 Å². The molecule has 4 rings (SSSR count). The van der Waals surface area contributed by atoms with E-state index in [0.717, 1.165) is 68.8 Å². The molecule has 3 heterocycles. The Hall–Kier alpha value is -1.98. The molecule has 2 aliphatic rings. The van der Waals surface area contributed by atoms with Gasteiger partial charge in [-0.3, -0.25) is 9.78 Å². The van der Waals surface area contributed by atoms with Gasteiger partial charge in [-0.2, -0.15) is 0 Å². The quantitative estimate of drug-likeness (QED) is 0.788. The van der Waals surface area contributed by atoms with Crippen LogP contribution in [0.1, 0.15) is 37.3 Å². The number of halogens is 1. The second-order valence-corrected chi connectivity index (χ2v) is 8.48. The second kappa shape index (κ2) is 8.58. The maximum Gasteiger partial charge on any atom is 0.225 e.